The lowest BCUT2D eigenvalue weighted by atomic mass is 10.00. The molecule has 0 amide bonds. The normalized spacial score (nSPS) is 16.0. The Hall–Kier alpha value is -2.18. The number of ether oxygens (including phenoxy) is 2. The van der Waals surface area contributed by atoms with Crippen LogP contribution >= 0.6 is 24.4 Å². The molecule has 1 aliphatic rings. The molecule has 0 aliphatic carbocycles. The molecule has 4 nitrogen and oxygen atoms in total. The summed E-state index contributed by atoms with van der Waals surface area (Å²) < 4.78 is 17.2. The molecule has 1 aliphatic heterocycles. The van der Waals surface area contributed by atoms with E-state index in [0.717, 1.165) is 17.1 Å². The van der Waals surface area contributed by atoms with Gasteiger partial charge in [0.1, 0.15) is 17.3 Å². The first-order valence-corrected chi connectivity index (χ1v) is 9.68. The van der Waals surface area contributed by atoms with E-state index in [4.69, 9.17) is 38.3 Å². The van der Waals surface area contributed by atoms with E-state index in [1.54, 1.807) is 13.2 Å². The van der Waals surface area contributed by atoms with Crippen LogP contribution in [-0.4, -0.2) is 28.2 Å². The van der Waals surface area contributed by atoms with Gasteiger partial charge in [0.25, 0.3) is 5.17 Å². The maximum Gasteiger partial charge on any atom is 0.270 e. The molecule has 0 N–H and O–H groups in total. The van der Waals surface area contributed by atoms with Crippen LogP contribution < -0.4 is 4.74 Å². The number of benzene rings is 1. The molecule has 6 heteroatoms. The fourth-order valence-electron chi connectivity index (χ4n) is 2.90. The smallest absolute Gasteiger partial charge is 0.270 e. The Balaban J connectivity index is 1.90. The van der Waals surface area contributed by atoms with Crippen LogP contribution in [-0.2, 0) is 4.74 Å². The SMILES string of the molecule is COc1cc(C(C)C)ccc1-c1ccc(C=C2OC(=S)N(C(C)C)C2=S)o1. The number of hydrogen-bond donors (Lipinski definition) is 0. The van der Waals surface area contributed by atoms with Gasteiger partial charge in [0.15, 0.2) is 10.7 Å². The molecule has 2 aromatic rings. The Morgan fingerprint density at radius 2 is 1.81 bits per heavy atom. The maximum atomic E-state index is 6.00. The average molecular weight is 402 g/mol. The molecule has 0 atom stereocenters. The Labute approximate surface area is 170 Å². The summed E-state index contributed by atoms with van der Waals surface area (Å²) in [5.41, 5.74) is 2.12. The van der Waals surface area contributed by atoms with Gasteiger partial charge in [-0.15, -0.1) is 0 Å². The number of furan rings is 1. The topological polar surface area (TPSA) is 34.8 Å². The Kier molecular flexibility index (Phi) is 5.67. The molecule has 0 bridgehead atoms. The minimum absolute atomic E-state index is 0.145. The zero-order valence-corrected chi connectivity index (χ0v) is 17.7. The first-order valence-electron chi connectivity index (χ1n) is 8.87. The summed E-state index contributed by atoms with van der Waals surface area (Å²) >= 11 is 10.7. The molecule has 2 heterocycles. The zero-order valence-electron chi connectivity index (χ0n) is 16.1. The summed E-state index contributed by atoms with van der Waals surface area (Å²) in [5.74, 6) is 3.12. The molecular weight excluding hydrogens is 378 g/mol. The molecule has 1 saturated heterocycles. The molecule has 1 aromatic carbocycles. The average Bonchev–Trinajstić information content (AvgIpc) is 3.19. The number of hydrogen-bond acceptors (Lipinski definition) is 5. The Morgan fingerprint density at radius 3 is 2.41 bits per heavy atom. The molecule has 3 rings (SSSR count). The fourth-order valence-corrected chi connectivity index (χ4v) is 3.74. The quantitative estimate of drug-likeness (QED) is 0.467. The van der Waals surface area contributed by atoms with Crippen LogP contribution in [0.15, 0.2) is 40.5 Å². The molecule has 1 aromatic heterocycles. The predicted molar refractivity (Wildman–Crippen MR) is 116 cm³/mol. The molecule has 142 valence electrons. The van der Waals surface area contributed by atoms with Crippen LogP contribution in [0.5, 0.6) is 5.75 Å². The summed E-state index contributed by atoms with van der Waals surface area (Å²) in [5, 5.41) is 0.374. The second-order valence-corrected chi connectivity index (χ2v) is 7.70. The minimum atomic E-state index is 0.145. The second-order valence-electron chi connectivity index (χ2n) is 6.96. The molecule has 0 saturated carbocycles. The van der Waals surface area contributed by atoms with Crippen molar-refractivity contribution in [3.8, 4) is 17.1 Å². The highest BCUT2D eigenvalue weighted by atomic mass is 32.1. The lowest BCUT2D eigenvalue weighted by Gasteiger charge is -2.18. The van der Waals surface area contributed by atoms with Gasteiger partial charge in [0.2, 0.25) is 0 Å². The molecule has 0 spiro atoms. The zero-order chi connectivity index (χ0) is 19.7. The third kappa shape index (κ3) is 3.92. The van der Waals surface area contributed by atoms with Gasteiger partial charge in [-0.3, -0.25) is 4.90 Å². The third-order valence-corrected chi connectivity index (χ3v) is 5.08. The van der Waals surface area contributed by atoms with Gasteiger partial charge >= 0.3 is 0 Å². The third-order valence-electron chi connectivity index (χ3n) is 4.40. The van der Waals surface area contributed by atoms with Gasteiger partial charge < -0.3 is 13.9 Å². The maximum absolute atomic E-state index is 6.00. The first-order chi connectivity index (χ1) is 12.8. The molecule has 0 unspecified atom stereocenters. The molecule has 0 radical (unpaired) electrons. The minimum Gasteiger partial charge on any atom is -0.496 e. The van der Waals surface area contributed by atoms with Crippen molar-refractivity contribution in [1.82, 2.24) is 4.90 Å². The van der Waals surface area contributed by atoms with E-state index < -0.39 is 0 Å². The van der Waals surface area contributed by atoms with Crippen molar-refractivity contribution in [2.45, 2.75) is 39.7 Å². The monoisotopic (exact) mass is 401 g/mol. The number of nitrogens with zero attached hydrogens (tertiary/aromatic N) is 1. The first kappa shape index (κ1) is 19.6. The van der Waals surface area contributed by atoms with E-state index >= 15 is 0 Å². The Bertz CT molecular complexity index is 912. The molecule has 1 fully saturated rings. The van der Waals surface area contributed by atoms with E-state index in [9.17, 15) is 0 Å². The highest BCUT2D eigenvalue weighted by Gasteiger charge is 2.32. The summed E-state index contributed by atoms with van der Waals surface area (Å²) in [6, 6.07) is 10.1. The summed E-state index contributed by atoms with van der Waals surface area (Å²) in [6.07, 6.45) is 1.77. The molecule has 27 heavy (non-hydrogen) atoms. The van der Waals surface area contributed by atoms with Crippen LogP contribution in [0, 0.1) is 0 Å². The van der Waals surface area contributed by atoms with E-state index in [1.165, 1.54) is 5.56 Å². The van der Waals surface area contributed by atoms with Crippen molar-refractivity contribution in [2.24, 2.45) is 0 Å². The van der Waals surface area contributed by atoms with Gasteiger partial charge in [-0.25, -0.2) is 0 Å². The van der Waals surface area contributed by atoms with Gasteiger partial charge in [0.05, 0.1) is 12.7 Å². The van der Waals surface area contributed by atoms with Crippen LogP contribution in [0.3, 0.4) is 0 Å². The predicted octanol–water partition coefficient (Wildman–Crippen LogP) is 5.77. The lowest BCUT2D eigenvalue weighted by Crippen LogP contribution is -2.34. The van der Waals surface area contributed by atoms with Gasteiger partial charge in [0, 0.05) is 12.1 Å². The summed E-state index contributed by atoms with van der Waals surface area (Å²) in [6.45, 7) is 8.34. The summed E-state index contributed by atoms with van der Waals surface area (Å²) in [7, 11) is 1.67. The highest BCUT2D eigenvalue weighted by Crippen LogP contribution is 2.34. The largest absolute Gasteiger partial charge is 0.496 e. The fraction of sp³-hybridized carbons (Fsp3) is 0.333. The van der Waals surface area contributed by atoms with Gasteiger partial charge in [-0.2, -0.15) is 0 Å². The van der Waals surface area contributed by atoms with Crippen molar-refractivity contribution in [1.29, 1.82) is 0 Å². The van der Waals surface area contributed by atoms with E-state index in [-0.39, 0.29) is 6.04 Å². The van der Waals surface area contributed by atoms with E-state index in [2.05, 4.69) is 26.0 Å². The van der Waals surface area contributed by atoms with E-state index in [1.807, 2.05) is 36.9 Å². The van der Waals surface area contributed by atoms with Gasteiger partial charge in [-0.1, -0.05) is 32.1 Å². The van der Waals surface area contributed by atoms with Crippen LogP contribution in [0.1, 0.15) is 44.9 Å². The van der Waals surface area contributed by atoms with Crippen LogP contribution in [0.25, 0.3) is 17.4 Å². The summed E-state index contributed by atoms with van der Waals surface area (Å²) in [4.78, 5) is 2.39. The second kappa shape index (κ2) is 7.82. The van der Waals surface area contributed by atoms with Crippen LogP contribution in [0.4, 0.5) is 0 Å². The van der Waals surface area contributed by atoms with Crippen molar-refractivity contribution < 1.29 is 13.9 Å². The van der Waals surface area contributed by atoms with Gasteiger partial charge in [-0.05, 0) is 61.8 Å². The van der Waals surface area contributed by atoms with Crippen molar-refractivity contribution >= 4 is 40.7 Å². The number of rotatable bonds is 5. The number of methoxy groups -OCH3 is 1. The standard InChI is InChI=1S/C21H23NO3S2/c1-12(2)14-6-8-16(18(10-14)23-5)17-9-7-15(24-17)11-19-20(26)22(13(3)4)21(27)25-19/h6-13H,1-5H3. The van der Waals surface area contributed by atoms with Crippen LogP contribution in [0.2, 0.25) is 0 Å². The Morgan fingerprint density at radius 1 is 1.07 bits per heavy atom. The van der Waals surface area contributed by atoms with E-state index in [0.29, 0.717) is 27.6 Å². The lowest BCUT2D eigenvalue weighted by molar-refractivity contribution is 0.412. The van der Waals surface area contributed by atoms with Crippen molar-refractivity contribution in [3.63, 3.8) is 0 Å². The highest BCUT2D eigenvalue weighted by molar-refractivity contribution is 7.82. The number of thiocarbonyl (C=S) groups is 2. The van der Waals surface area contributed by atoms with Crippen molar-refractivity contribution in [2.75, 3.05) is 7.11 Å². The molecular formula is C21H23NO3S2. The van der Waals surface area contributed by atoms with Crippen molar-refractivity contribution in [3.05, 3.63) is 47.4 Å².